The van der Waals surface area contributed by atoms with Crippen LogP contribution in [0.15, 0.2) is 48.5 Å². The van der Waals surface area contributed by atoms with Gasteiger partial charge in [-0.3, -0.25) is 10.1 Å². The maximum atomic E-state index is 12.2. The molecule has 4 nitrogen and oxygen atoms in total. The minimum absolute atomic E-state index is 0.0534. The Labute approximate surface area is 161 Å². The number of ether oxygens (including phenoxy) is 1. The molecule has 1 aromatic heterocycles. The quantitative estimate of drug-likeness (QED) is 0.621. The van der Waals surface area contributed by atoms with Gasteiger partial charge in [-0.05, 0) is 37.1 Å². The van der Waals surface area contributed by atoms with Gasteiger partial charge in [-0.1, -0.05) is 48.9 Å². The van der Waals surface area contributed by atoms with Crippen molar-refractivity contribution < 1.29 is 9.53 Å². The number of rotatable bonds is 6. The van der Waals surface area contributed by atoms with Crippen molar-refractivity contribution in [1.82, 2.24) is 4.98 Å². The Balaban J connectivity index is 1.66. The van der Waals surface area contributed by atoms with Crippen molar-refractivity contribution in [2.24, 2.45) is 0 Å². The minimum atomic E-state index is -0.234. The number of carbonyl (C=O) groups is 1. The van der Waals surface area contributed by atoms with Crippen LogP contribution in [0.4, 0.5) is 5.13 Å². The van der Waals surface area contributed by atoms with Crippen LogP contribution in [0.25, 0.3) is 11.3 Å². The molecule has 6 heteroatoms. The molecule has 0 aliphatic carbocycles. The van der Waals surface area contributed by atoms with E-state index in [-0.39, 0.29) is 12.5 Å². The summed E-state index contributed by atoms with van der Waals surface area (Å²) in [4.78, 5) is 17.7. The molecular formula is C20H19ClN2O2S. The van der Waals surface area contributed by atoms with Gasteiger partial charge in [-0.25, -0.2) is 4.98 Å². The molecule has 3 rings (SSSR count). The number of halogens is 1. The van der Waals surface area contributed by atoms with Crippen LogP contribution in [-0.2, 0) is 11.2 Å². The fourth-order valence-corrected chi connectivity index (χ4v) is 3.63. The average Bonchev–Trinajstić information content (AvgIpc) is 3.00. The van der Waals surface area contributed by atoms with E-state index in [0.717, 1.165) is 33.9 Å². The lowest BCUT2D eigenvalue weighted by Crippen LogP contribution is -2.20. The predicted molar refractivity (Wildman–Crippen MR) is 107 cm³/mol. The van der Waals surface area contributed by atoms with Crippen LogP contribution in [0.5, 0.6) is 5.75 Å². The molecule has 0 aliphatic rings. The molecule has 1 N–H and O–H groups in total. The molecule has 0 spiro atoms. The molecule has 0 fully saturated rings. The topological polar surface area (TPSA) is 51.2 Å². The Morgan fingerprint density at radius 2 is 2.04 bits per heavy atom. The number of nitrogens with one attached hydrogen (secondary N) is 1. The summed E-state index contributed by atoms with van der Waals surface area (Å²) in [6.45, 7) is 3.97. The zero-order valence-corrected chi connectivity index (χ0v) is 16.2. The van der Waals surface area contributed by atoms with Crippen LogP contribution in [0.2, 0.25) is 5.02 Å². The largest absolute Gasteiger partial charge is 0.483 e. The van der Waals surface area contributed by atoms with Gasteiger partial charge in [-0.2, -0.15) is 0 Å². The molecule has 0 bridgehead atoms. The lowest BCUT2D eigenvalue weighted by Gasteiger charge is -2.09. The number of aryl methyl sites for hydroxylation is 2. The molecule has 0 radical (unpaired) electrons. The summed E-state index contributed by atoms with van der Waals surface area (Å²) in [6, 6.07) is 15.2. The molecule has 0 unspecified atom stereocenters. The highest BCUT2D eigenvalue weighted by Crippen LogP contribution is 2.31. The summed E-state index contributed by atoms with van der Waals surface area (Å²) >= 11 is 7.48. The number of anilines is 1. The first-order valence-corrected chi connectivity index (χ1v) is 9.50. The third-order valence-electron chi connectivity index (χ3n) is 3.85. The van der Waals surface area contributed by atoms with Crippen molar-refractivity contribution in [3.8, 4) is 17.0 Å². The molecule has 0 saturated carbocycles. The van der Waals surface area contributed by atoms with Gasteiger partial charge in [0.1, 0.15) is 5.75 Å². The van der Waals surface area contributed by atoms with E-state index in [0.29, 0.717) is 10.2 Å². The Hall–Kier alpha value is -2.37. The summed E-state index contributed by atoms with van der Waals surface area (Å²) in [7, 11) is 0. The first kappa shape index (κ1) is 18.4. The predicted octanol–water partition coefficient (Wildman–Crippen LogP) is 5.35. The van der Waals surface area contributed by atoms with E-state index in [1.807, 2.05) is 55.5 Å². The van der Waals surface area contributed by atoms with E-state index in [4.69, 9.17) is 16.3 Å². The number of aromatic nitrogens is 1. The standard InChI is InChI=1S/C20H19ClN2O2S/c1-3-14-7-4-5-10-17(14)25-12-18(24)22-20-23-19(13(2)26-20)15-8-6-9-16(21)11-15/h4-11H,3,12H2,1-2H3,(H,22,23,24). The van der Waals surface area contributed by atoms with Gasteiger partial charge in [0.25, 0.3) is 5.91 Å². The van der Waals surface area contributed by atoms with Gasteiger partial charge in [0.15, 0.2) is 11.7 Å². The first-order chi connectivity index (χ1) is 12.6. The van der Waals surface area contributed by atoms with Crippen LogP contribution < -0.4 is 10.1 Å². The first-order valence-electron chi connectivity index (χ1n) is 8.30. The van der Waals surface area contributed by atoms with E-state index < -0.39 is 0 Å². The van der Waals surface area contributed by atoms with Crippen molar-refractivity contribution in [3.05, 3.63) is 64.0 Å². The fraction of sp³-hybridized carbons (Fsp3) is 0.200. The summed E-state index contributed by atoms with van der Waals surface area (Å²) in [5, 5.41) is 4.01. The SMILES string of the molecule is CCc1ccccc1OCC(=O)Nc1nc(-c2cccc(Cl)c2)c(C)s1. The zero-order chi connectivity index (χ0) is 18.5. The Morgan fingerprint density at radius 3 is 2.81 bits per heavy atom. The highest BCUT2D eigenvalue weighted by molar-refractivity contribution is 7.16. The maximum absolute atomic E-state index is 12.2. The lowest BCUT2D eigenvalue weighted by atomic mass is 10.1. The van der Waals surface area contributed by atoms with Crippen molar-refractivity contribution >= 4 is 34.0 Å². The number of hydrogen-bond donors (Lipinski definition) is 1. The van der Waals surface area contributed by atoms with Crippen LogP contribution in [0, 0.1) is 6.92 Å². The van der Waals surface area contributed by atoms with Gasteiger partial charge in [-0.15, -0.1) is 11.3 Å². The normalized spacial score (nSPS) is 10.6. The molecule has 26 heavy (non-hydrogen) atoms. The molecular weight excluding hydrogens is 368 g/mol. The van der Waals surface area contributed by atoms with Gasteiger partial charge in [0.05, 0.1) is 5.69 Å². The Morgan fingerprint density at radius 1 is 1.23 bits per heavy atom. The number of carbonyl (C=O) groups excluding carboxylic acids is 1. The van der Waals surface area contributed by atoms with Crippen molar-refractivity contribution in [3.63, 3.8) is 0 Å². The van der Waals surface area contributed by atoms with Crippen LogP contribution in [-0.4, -0.2) is 17.5 Å². The average molecular weight is 387 g/mol. The van der Waals surface area contributed by atoms with Crippen molar-refractivity contribution in [2.45, 2.75) is 20.3 Å². The number of hydrogen-bond acceptors (Lipinski definition) is 4. The van der Waals surface area contributed by atoms with E-state index in [9.17, 15) is 4.79 Å². The fourth-order valence-electron chi connectivity index (χ4n) is 2.59. The molecule has 2 aromatic carbocycles. The molecule has 134 valence electrons. The smallest absolute Gasteiger partial charge is 0.264 e. The maximum Gasteiger partial charge on any atom is 0.264 e. The Kier molecular flexibility index (Phi) is 5.91. The van der Waals surface area contributed by atoms with Crippen LogP contribution in [0.1, 0.15) is 17.4 Å². The van der Waals surface area contributed by atoms with Crippen molar-refractivity contribution in [2.75, 3.05) is 11.9 Å². The summed E-state index contributed by atoms with van der Waals surface area (Å²) in [6.07, 6.45) is 0.854. The van der Waals surface area contributed by atoms with Gasteiger partial charge < -0.3 is 4.74 Å². The van der Waals surface area contributed by atoms with E-state index in [1.54, 1.807) is 0 Å². The van der Waals surface area contributed by atoms with Gasteiger partial charge in [0.2, 0.25) is 0 Å². The van der Waals surface area contributed by atoms with Crippen molar-refractivity contribution in [1.29, 1.82) is 0 Å². The van der Waals surface area contributed by atoms with E-state index in [2.05, 4.69) is 17.2 Å². The molecule has 1 heterocycles. The van der Waals surface area contributed by atoms with Gasteiger partial charge in [0, 0.05) is 15.5 Å². The molecule has 0 saturated heterocycles. The molecule has 1 amide bonds. The second-order valence-electron chi connectivity index (χ2n) is 5.73. The monoisotopic (exact) mass is 386 g/mol. The second-order valence-corrected chi connectivity index (χ2v) is 7.37. The van der Waals surface area contributed by atoms with E-state index >= 15 is 0 Å². The summed E-state index contributed by atoms with van der Waals surface area (Å²) in [5.41, 5.74) is 2.83. The lowest BCUT2D eigenvalue weighted by molar-refractivity contribution is -0.118. The third-order valence-corrected chi connectivity index (χ3v) is 4.97. The van der Waals surface area contributed by atoms with E-state index in [1.165, 1.54) is 11.3 Å². The number of amides is 1. The number of para-hydroxylation sites is 1. The third kappa shape index (κ3) is 4.42. The number of thiazole rings is 1. The summed E-state index contributed by atoms with van der Waals surface area (Å²) < 4.78 is 5.65. The van der Waals surface area contributed by atoms with Crippen LogP contribution in [0.3, 0.4) is 0 Å². The summed E-state index contributed by atoms with van der Waals surface area (Å²) in [5.74, 6) is 0.502. The van der Waals surface area contributed by atoms with Crippen LogP contribution >= 0.6 is 22.9 Å². The number of benzene rings is 2. The molecule has 0 atom stereocenters. The zero-order valence-electron chi connectivity index (χ0n) is 14.6. The highest BCUT2D eigenvalue weighted by Gasteiger charge is 2.13. The second kappa shape index (κ2) is 8.34. The highest BCUT2D eigenvalue weighted by atomic mass is 35.5. The molecule has 3 aromatic rings. The molecule has 0 aliphatic heterocycles. The van der Waals surface area contributed by atoms with Gasteiger partial charge >= 0.3 is 0 Å². The Bertz CT molecular complexity index is 924. The minimum Gasteiger partial charge on any atom is -0.483 e. The number of nitrogens with zero attached hydrogens (tertiary/aromatic N) is 1.